The minimum absolute atomic E-state index is 0.00309. The number of nitrogens with zero attached hydrogens (tertiary/aromatic N) is 1. The highest BCUT2D eigenvalue weighted by Gasteiger charge is 2.25. The zero-order valence-corrected chi connectivity index (χ0v) is 13.8. The van der Waals surface area contributed by atoms with Gasteiger partial charge in [0.25, 0.3) is 0 Å². The number of amides is 2. The van der Waals surface area contributed by atoms with Crippen molar-refractivity contribution < 1.29 is 19.8 Å². The topological polar surface area (TPSA) is 89.9 Å². The van der Waals surface area contributed by atoms with Crippen LogP contribution in [-0.2, 0) is 4.79 Å². The summed E-state index contributed by atoms with van der Waals surface area (Å²) in [6.07, 6.45) is 1.01. The molecule has 0 aliphatic carbocycles. The van der Waals surface area contributed by atoms with Crippen molar-refractivity contribution in [2.75, 3.05) is 13.2 Å². The van der Waals surface area contributed by atoms with Crippen molar-refractivity contribution in [3.8, 4) is 0 Å². The number of carboxylic acids is 1. The predicted octanol–water partition coefficient (Wildman–Crippen LogP) is 2.07. The first-order valence-corrected chi connectivity index (χ1v) is 7.46. The van der Waals surface area contributed by atoms with Crippen LogP contribution in [0, 0.1) is 5.41 Å². The summed E-state index contributed by atoms with van der Waals surface area (Å²) in [7, 11) is 0. The average Bonchev–Trinajstić information content (AvgIpc) is 2.25. The van der Waals surface area contributed by atoms with E-state index in [9.17, 15) is 9.59 Å². The van der Waals surface area contributed by atoms with Crippen LogP contribution in [0.4, 0.5) is 4.79 Å². The number of aliphatic carboxylic acids is 1. The predicted molar refractivity (Wildman–Crippen MR) is 82.2 cm³/mol. The number of carbonyl (C=O) groups is 2. The van der Waals surface area contributed by atoms with Crippen LogP contribution >= 0.6 is 0 Å². The minimum Gasteiger partial charge on any atom is -0.481 e. The van der Waals surface area contributed by atoms with Crippen LogP contribution in [0.2, 0.25) is 0 Å². The van der Waals surface area contributed by atoms with E-state index in [4.69, 9.17) is 10.2 Å². The van der Waals surface area contributed by atoms with E-state index in [2.05, 4.69) is 5.32 Å². The summed E-state index contributed by atoms with van der Waals surface area (Å²) >= 11 is 0. The molecule has 21 heavy (non-hydrogen) atoms. The Bertz CT molecular complexity index is 337. The summed E-state index contributed by atoms with van der Waals surface area (Å²) in [5.74, 6) is -0.920. The van der Waals surface area contributed by atoms with E-state index >= 15 is 0 Å². The van der Waals surface area contributed by atoms with Gasteiger partial charge < -0.3 is 20.4 Å². The largest absolute Gasteiger partial charge is 0.481 e. The lowest BCUT2D eigenvalue weighted by Crippen LogP contribution is -2.49. The van der Waals surface area contributed by atoms with E-state index in [1.165, 1.54) is 0 Å². The van der Waals surface area contributed by atoms with Gasteiger partial charge in [0, 0.05) is 25.2 Å². The van der Waals surface area contributed by atoms with Crippen molar-refractivity contribution in [3.63, 3.8) is 0 Å². The number of hydrogen-bond donors (Lipinski definition) is 3. The molecule has 0 heterocycles. The number of hydrogen-bond acceptors (Lipinski definition) is 3. The molecule has 124 valence electrons. The number of nitrogens with one attached hydrogen (secondary N) is 1. The van der Waals surface area contributed by atoms with Gasteiger partial charge in [0.05, 0.1) is 6.42 Å². The third-order valence-electron chi connectivity index (χ3n) is 3.05. The molecule has 0 aromatic carbocycles. The highest BCUT2D eigenvalue weighted by atomic mass is 16.4. The molecule has 0 aromatic rings. The second kappa shape index (κ2) is 8.87. The Labute approximate surface area is 127 Å². The van der Waals surface area contributed by atoms with Crippen molar-refractivity contribution >= 4 is 12.0 Å². The van der Waals surface area contributed by atoms with E-state index in [-0.39, 0.29) is 30.5 Å². The lowest BCUT2D eigenvalue weighted by Gasteiger charge is -2.31. The van der Waals surface area contributed by atoms with Gasteiger partial charge in [-0.1, -0.05) is 20.8 Å². The molecule has 0 saturated heterocycles. The number of carbonyl (C=O) groups excluding carboxylic acids is 1. The van der Waals surface area contributed by atoms with E-state index in [1.54, 1.807) is 4.90 Å². The average molecular weight is 302 g/mol. The molecular weight excluding hydrogens is 272 g/mol. The van der Waals surface area contributed by atoms with Crippen molar-refractivity contribution in [1.29, 1.82) is 0 Å². The Balaban J connectivity index is 4.78. The second-order valence-corrected chi connectivity index (χ2v) is 6.87. The van der Waals surface area contributed by atoms with Gasteiger partial charge in [-0.3, -0.25) is 4.79 Å². The van der Waals surface area contributed by atoms with Gasteiger partial charge >= 0.3 is 12.0 Å². The SMILES string of the molecule is CC(C)N(CCCO)C(=O)NC(CC(=O)O)CC(C)(C)C. The molecule has 0 bridgehead atoms. The standard InChI is InChI=1S/C15H30N2O4/c1-11(2)17(7-6-8-18)14(21)16-12(9-13(19)20)10-15(3,4)5/h11-12,18H,6-10H2,1-5H3,(H,16,21)(H,19,20). The van der Waals surface area contributed by atoms with Crippen LogP contribution in [0.5, 0.6) is 0 Å². The molecule has 1 unspecified atom stereocenters. The maximum Gasteiger partial charge on any atom is 0.317 e. The quantitative estimate of drug-likeness (QED) is 0.640. The molecule has 0 saturated carbocycles. The normalized spacial score (nSPS) is 13.1. The molecule has 0 aliphatic heterocycles. The van der Waals surface area contributed by atoms with E-state index in [0.717, 1.165) is 0 Å². The zero-order valence-electron chi connectivity index (χ0n) is 13.8. The van der Waals surface area contributed by atoms with E-state index < -0.39 is 12.0 Å². The molecule has 0 fully saturated rings. The Morgan fingerprint density at radius 2 is 1.81 bits per heavy atom. The monoisotopic (exact) mass is 302 g/mol. The fraction of sp³-hybridized carbons (Fsp3) is 0.867. The fourth-order valence-corrected chi connectivity index (χ4v) is 2.22. The number of urea groups is 1. The summed E-state index contributed by atoms with van der Waals surface area (Å²) in [5, 5.41) is 20.7. The summed E-state index contributed by atoms with van der Waals surface area (Å²) in [6, 6.07) is -0.670. The van der Waals surface area contributed by atoms with Crippen LogP contribution < -0.4 is 5.32 Å². The smallest absolute Gasteiger partial charge is 0.317 e. The van der Waals surface area contributed by atoms with Crippen molar-refractivity contribution in [2.24, 2.45) is 5.41 Å². The van der Waals surface area contributed by atoms with Crippen LogP contribution in [0.15, 0.2) is 0 Å². The van der Waals surface area contributed by atoms with E-state index in [0.29, 0.717) is 19.4 Å². The Morgan fingerprint density at radius 3 is 2.19 bits per heavy atom. The third-order valence-corrected chi connectivity index (χ3v) is 3.05. The lowest BCUT2D eigenvalue weighted by molar-refractivity contribution is -0.137. The van der Waals surface area contributed by atoms with Crippen LogP contribution in [0.25, 0.3) is 0 Å². The van der Waals surface area contributed by atoms with Crippen molar-refractivity contribution in [1.82, 2.24) is 10.2 Å². The van der Waals surface area contributed by atoms with Crippen molar-refractivity contribution in [2.45, 2.75) is 66.0 Å². The number of aliphatic hydroxyl groups excluding tert-OH is 1. The maximum atomic E-state index is 12.3. The molecule has 0 aromatic heterocycles. The molecule has 6 nitrogen and oxygen atoms in total. The fourth-order valence-electron chi connectivity index (χ4n) is 2.22. The summed E-state index contributed by atoms with van der Waals surface area (Å²) in [6.45, 7) is 10.3. The molecule has 0 rings (SSSR count). The van der Waals surface area contributed by atoms with Gasteiger partial charge in [-0.15, -0.1) is 0 Å². The first kappa shape index (κ1) is 19.7. The van der Waals surface area contributed by atoms with E-state index in [1.807, 2.05) is 34.6 Å². The molecule has 0 spiro atoms. The molecule has 0 radical (unpaired) electrons. The van der Waals surface area contributed by atoms with Gasteiger partial charge in [0.2, 0.25) is 0 Å². The van der Waals surface area contributed by atoms with Crippen LogP contribution in [-0.4, -0.2) is 52.3 Å². The summed E-state index contributed by atoms with van der Waals surface area (Å²) in [4.78, 5) is 24.9. The highest BCUT2D eigenvalue weighted by Crippen LogP contribution is 2.22. The molecular formula is C15H30N2O4. The molecule has 1 atom stereocenters. The van der Waals surface area contributed by atoms with Gasteiger partial charge in [-0.2, -0.15) is 0 Å². The highest BCUT2D eigenvalue weighted by molar-refractivity contribution is 5.76. The van der Waals surface area contributed by atoms with Gasteiger partial charge in [0.1, 0.15) is 0 Å². The lowest BCUT2D eigenvalue weighted by atomic mass is 9.87. The number of rotatable bonds is 8. The summed E-state index contributed by atoms with van der Waals surface area (Å²) in [5.41, 5.74) is -0.0683. The van der Waals surface area contributed by atoms with Gasteiger partial charge in [0.15, 0.2) is 0 Å². The molecule has 0 aliphatic rings. The maximum absolute atomic E-state index is 12.3. The zero-order chi connectivity index (χ0) is 16.6. The first-order chi connectivity index (χ1) is 9.56. The number of carboxylic acid groups (broad SMARTS) is 1. The molecule has 6 heteroatoms. The molecule has 2 amide bonds. The van der Waals surface area contributed by atoms with Gasteiger partial charge in [-0.25, -0.2) is 4.79 Å². The second-order valence-electron chi connectivity index (χ2n) is 6.87. The molecule has 3 N–H and O–H groups in total. The van der Waals surface area contributed by atoms with Crippen LogP contribution in [0.3, 0.4) is 0 Å². The Kier molecular flexibility index (Phi) is 8.32. The van der Waals surface area contributed by atoms with Gasteiger partial charge in [-0.05, 0) is 32.1 Å². The summed E-state index contributed by atoms with van der Waals surface area (Å²) < 4.78 is 0. The minimum atomic E-state index is -0.920. The van der Waals surface area contributed by atoms with Crippen LogP contribution in [0.1, 0.15) is 53.9 Å². The first-order valence-electron chi connectivity index (χ1n) is 7.46. The van der Waals surface area contributed by atoms with Crippen molar-refractivity contribution in [3.05, 3.63) is 0 Å². The third kappa shape index (κ3) is 9.28. The number of aliphatic hydroxyl groups is 1. The Hall–Kier alpha value is -1.30. The Morgan fingerprint density at radius 1 is 1.24 bits per heavy atom.